The van der Waals surface area contributed by atoms with E-state index in [1.165, 1.54) is 30.4 Å². The number of allylic oxidation sites excluding steroid dienone is 6. The van der Waals surface area contributed by atoms with Gasteiger partial charge in [-0.2, -0.15) is 29.4 Å². The van der Waals surface area contributed by atoms with E-state index in [-0.39, 0.29) is 21.1 Å². The van der Waals surface area contributed by atoms with Crippen molar-refractivity contribution in [3.8, 4) is 0 Å². The summed E-state index contributed by atoms with van der Waals surface area (Å²) in [6.45, 7) is 8.88. The van der Waals surface area contributed by atoms with Crippen LogP contribution in [0.4, 0.5) is 0 Å². The minimum atomic E-state index is 0. The van der Waals surface area contributed by atoms with Gasteiger partial charge in [0.1, 0.15) is 0 Å². The minimum absolute atomic E-state index is 0. The maximum absolute atomic E-state index is 3.53. The van der Waals surface area contributed by atoms with Crippen LogP contribution < -0.4 is 0 Å². The molecule has 16 heavy (non-hydrogen) atoms. The molecule has 0 nitrogen and oxygen atoms in total. The molecule has 0 fully saturated rings. The van der Waals surface area contributed by atoms with Gasteiger partial charge in [0.15, 0.2) is 0 Å². The Morgan fingerprint density at radius 2 is 1.75 bits per heavy atom. The average molecular weight is 387 g/mol. The molecule has 0 radical (unpaired) electrons. The Morgan fingerprint density at radius 3 is 2.31 bits per heavy atom. The van der Waals surface area contributed by atoms with E-state index >= 15 is 0 Å². The molecule has 1 aliphatic carbocycles. The predicted octanol–water partition coefficient (Wildman–Crippen LogP) is 4.69. The van der Waals surface area contributed by atoms with Gasteiger partial charge in [0.25, 0.3) is 0 Å². The van der Waals surface area contributed by atoms with E-state index < -0.39 is 0 Å². The molecule has 0 unspecified atom stereocenters. The van der Waals surface area contributed by atoms with Crippen molar-refractivity contribution in [3.63, 3.8) is 0 Å². The van der Waals surface area contributed by atoms with Crippen molar-refractivity contribution >= 4 is 0 Å². The van der Waals surface area contributed by atoms with Gasteiger partial charge >= 0.3 is 0 Å². The Bertz CT molecular complexity index is 280. The zero-order valence-electron chi connectivity index (χ0n) is 10.9. The molecule has 0 atom stereocenters. The van der Waals surface area contributed by atoms with Gasteiger partial charge in [0.2, 0.25) is 0 Å². The van der Waals surface area contributed by atoms with Crippen molar-refractivity contribution < 1.29 is 21.1 Å². The molecule has 1 rings (SSSR count). The van der Waals surface area contributed by atoms with E-state index in [0.29, 0.717) is 11.8 Å². The molecule has 1 aliphatic rings. The van der Waals surface area contributed by atoms with E-state index in [1.54, 1.807) is 0 Å². The van der Waals surface area contributed by atoms with Gasteiger partial charge in [0, 0.05) is 21.1 Å². The number of rotatable bonds is 3. The van der Waals surface area contributed by atoms with Gasteiger partial charge in [-0.25, -0.2) is 0 Å². The van der Waals surface area contributed by atoms with Crippen LogP contribution in [0.5, 0.6) is 0 Å². The Labute approximate surface area is 115 Å². The van der Waals surface area contributed by atoms with Gasteiger partial charge in [-0.05, 0) is 12.3 Å². The summed E-state index contributed by atoms with van der Waals surface area (Å²) in [7, 11) is 0. The zero-order valence-corrected chi connectivity index (χ0v) is 13.8. The second-order valence-electron chi connectivity index (χ2n) is 5.04. The normalized spacial score (nSPS) is 19.4. The Kier molecular flexibility index (Phi) is 8.02. The standard InChI is InChI=1S/C15H23.W/c1-12(2)8-9-14-6-5-7-15(11-14)10-13(3)4;/h8-10,12-13H,5-7H2,1-4H3;/q-1;/b9-8+,15-10+;. The van der Waals surface area contributed by atoms with Crippen molar-refractivity contribution in [1.29, 1.82) is 0 Å². The minimum Gasteiger partial charge on any atom is -0.177 e. The second kappa shape index (κ2) is 8.07. The molecule has 90 valence electrons. The first-order valence-corrected chi connectivity index (χ1v) is 6.09. The molecule has 0 aromatic heterocycles. The molecule has 0 N–H and O–H groups in total. The van der Waals surface area contributed by atoms with Crippen LogP contribution in [-0.2, 0) is 21.1 Å². The maximum atomic E-state index is 3.53. The molecule has 0 bridgehead atoms. The quantitative estimate of drug-likeness (QED) is 0.617. The monoisotopic (exact) mass is 387 g/mol. The molecule has 0 spiro atoms. The predicted molar refractivity (Wildman–Crippen MR) is 67.5 cm³/mol. The molecule has 0 saturated carbocycles. The van der Waals surface area contributed by atoms with E-state index in [2.05, 4.69) is 52.0 Å². The van der Waals surface area contributed by atoms with Gasteiger partial charge in [0.05, 0.1) is 0 Å². The summed E-state index contributed by atoms with van der Waals surface area (Å²) in [5.41, 5.74) is 2.78. The summed E-state index contributed by atoms with van der Waals surface area (Å²) in [4.78, 5) is 0. The van der Waals surface area contributed by atoms with E-state index in [9.17, 15) is 0 Å². The van der Waals surface area contributed by atoms with Crippen molar-refractivity contribution in [2.24, 2.45) is 11.8 Å². The molecule has 0 aromatic rings. The van der Waals surface area contributed by atoms with E-state index in [0.717, 1.165) is 0 Å². The number of hydrogen-bond acceptors (Lipinski definition) is 0. The zero-order chi connectivity index (χ0) is 11.3. The third-order valence-corrected chi connectivity index (χ3v) is 2.43. The molecule has 0 amide bonds. The van der Waals surface area contributed by atoms with Gasteiger partial charge < -0.3 is 0 Å². The average Bonchev–Trinajstić information content (AvgIpc) is 2.14. The number of hydrogen-bond donors (Lipinski definition) is 0. The molecular weight excluding hydrogens is 364 g/mol. The van der Waals surface area contributed by atoms with Crippen LogP contribution in [0.3, 0.4) is 0 Å². The first-order chi connectivity index (χ1) is 7.08. The fraction of sp³-hybridized carbons (Fsp3) is 0.600. The summed E-state index contributed by atoms with van der Waals surface area (Å²) < 4.78 is 0. The van der Waals surface area contributed by atoms with Crippen LogP contribution in [0.15, 0.2) is 29.4 Å². The SMILES string of the molecule is CC(C)/C=C/C1=[C-]C(=C/C(C)C)/CCC1.[W]. The molecular formula is C15H23W-. The smallest absolute Gasteiger partial charge is 0 e. The molecule has 0 saturated heterocycles. The molecule has 0 heterocycles. The summed E-state index contributed by atoms with van der Waals surface area (Å²) in [5, 5.41) is 0. The largest absolute Gasteiger partial charge is 0.177 e. The van der Waals surface area contributed by atoms with Crippen molar-refractivity contribution in [1.82, 2.24) is 0 Å². The summed E-state index contributed by atoms with van der Waals surface area (Å²) in [6, 6.07) is 0. The van der Waals surface area contributed by atoms with E-state index in [1.807, 2.05) is 0 Å². The maximum Gasteiger partial charge on any atom is 0 e. The van der Waals surface area contributed by atoms with Crippen LogP contribution in [-0.4, -0.2) is 0 Å². The van der Waals surface area contributed by atoms with Crippen LogP contribution >= 0.6 is 0 Å². The Hall–Kier alpha value is -0.0917. The summed E-state index contributed by atoms with van der Waals surface area (Å²) in [6.07, 6.45) is 14.1. The topological polar surface area (TPSA) is 0 Å². The molecule has 0 aromatic carbocycles. The fourth-order valence-corrected chi connectivity index (χ4v) is 1.76. The first kappa shape index (κ1) is 15.9. The Morgan fingerprint density at radius 1 is 1.06 bits per heavy atom. The van der Waals surface area contributed by atoms with Crippen molar-refractivity contribution in [2.45, 2.75) is 47.0 Å². The summed E-state index contributed by atoms with van der Waals surface area (Å²) >= 11 is 0. The van der Waals surface area contributed by atoms with Gasteiger partial charge in [-0.15, -0.1) is 6.08 Å². The van der Waals surface area contributed by atoms with Crippen molar-refractivity contribution in [2.75, 3.05) is 0 Å². The van der Waals surface area contributed by atoms with Crippen LogP contribution in [0.2, 0.25) is 0 Å². The van der Waals surface area contributed by atoms with Crippen LogP contribution in [0.25, 0.3) is 0 Å². The van der Waals surface area contributed by atoms with Crippen LogP contribution in [0, 0.1) is 17.9 Å². The van der Waals surface area contributed by atoms with Crippen molar-refractivity contribution in [3.05, 3.63) is 35.5 Å². The van der Waals surface area contributed by atoms with Gasteiger partial charge in [-0.1, -0.05) is 46.5 Å². The van der Waals surface area contributed by atoms with Crippen LogP contribution in [0.1, 0.15) is 47.0 Å². The molecule has 0 aliphatic heterocycles. The first-order valence-electron chi connectivity index (χ1n) is 6.09. The third-order valence-electron chi connectivity index (χ3n) is 2.43. The second-order valence-corrected chi connectivity index (χ2v) is 5.04. The van der Waals surface area contributed by atoms with Gasteiger partial charge in [-0.3, -0.25) is 0 Å². The third kappa shape index (κ3) is 6.48. The molecule has 1 heteroatoms. The fourth-order valence-electron chi connectivity index (χ4n) is 1.76. The summed E-state index contributed by atoms with van der Waals surface area (Å²) in [5.74, 6) is 1.28. The Balaban J connectivity index is 0.00000225. The van der Waals surface area contributed by atoms with E-state index in [4.69, 9.17) is 0 Å².